The van der Waals surface area contributed by atoms with Crippen molar-refractivity contribution >= 4 is 23.6 Å². The minimum Gasteiger partial charge on any atom is -0.461 e. The van der Waals surface area contributed by atoms with Gasteiger partial charge in [0, 0.05) is 12.3 Å². The largest absolute Gasteiger partial charge is 0.461 e. The van der Waals surface area contributed by atoms with Gasteiger partial charge in [0.1, 0.15) is 17.9 Å². The molecule has 0 aromatic heterocycles. The van der Waals surface area contributed by atoms with Crippen LogP contribution >= 0.6 is 0 Å². The van der Waals surface area contributed by atoms with Crippen LogP contribution in [0.25, 0.3) is 0 Å². The first kappa shape index (κ1) is 31.0. The second-order valence-electron chi connectivity index (χ2n) is 14.6. The first-order valence-electron chi connectivity index (χ1n) is 15.8. The second-order valence-corrected chi connectivity index (χ2v) is 14.6. The van der Waals surface area contributed by atoms with E-state index in [1.807, 2.05) is 13.8 Å². The molecule has 4 rings (SSSR count). The van der Waals surface area contributed by atoms with Crippen LogP contribution in [0.3, 0.4) is 0 Å². The highest BCUT2D eigenvalue weighted by atomic mass is 16.5. The number of amides is 2. The van der Waals surface area contributed by atoms with Crippen LogP contribution in [0.2, 0.25) is 0 Å². The lowest BCUT2D eigenvalue weighted by Gasteiger charge is -2.61. The summed E-state index contributed by atoms with van der Waals surface area (Å²) in [6.07, 6.45) is 10.3. The van der Waals surface area contributed by atoms with Crippen LogP contribution in [0.4, 0.5) is 0 Å². The Hall–Kier alpha value is -1.96. The minimum absolute atomic E-state index is 0.0231. The quantitative estimate of drug-likeness (QED) is 0.341. The molecule has 226 valence electrons. The molecule has 8 heteroatoms. The number of primary amides is 1. The number of carbonyl (C=O) groups excluding carboxylic acids is 4. The van der Waals surface area contributed by atoms with Crippen molar-refractivity contribution < 1.29 is 23.9 Å². The Labute approximate surface area is 240 Å². The molecular formula is C32H53N3O5. The zero-order chi connectivity index (χ0) is 29.4. The standard InChI is InChI=1S/C32H53N3O5/c1-18(2)16-27(35-29(38)26(33)10-11-28(34)37)30(39)40-21-12-14-31(4)20(17-21)6-7-22-24-9-8-23(19(3)36)32(24,5)15-13-25(22)31/h18,20-27H,6-17,33H2,1-5H3,(H2,34,37)(H,35,38)/t20-,21+,22-,23+,24-,25-,26-,27-,31-,32+/m0/s1. The van der Waals surface area contributed by atoms with E-state index in [2.05, 4.69) is 19.2 Å². The maximum atomic E-state index is 13.3. The van der Waals surface area contributed by atoms with E-state index in [1.165, 1.54) is 19.3 Å². The van der Waals surface area contributed by atoms with Crippen LogP contribution in [0, 0.1) is 46.3 Å². The van der Waals surface area contributed by atoms with Crippen molar-refractivity contribution in [3.05, 3.63) is 0 Å². The number of carbonyl (C=O) groups is 4. The molecule has 0 aliphatic heterocycles. The number of nitrogens with one attached hydrogen (secondary N) is 1. The van der Waals surface area contributed by atoms with Crippen LogP contribution in [-0.2, 0) is 23.9 Å². The van der Waals surface area contributed by atoms with Gasteiger partial charge in [0.05, 0.1) is 6.04 Å². The molecule has 0 bridgehead atoms. The Morgan fingerprint density at radius 1 is 0.950 bits per heavy atom. The molecule has 0 radical (unpaired) electrons. The summed E-state index contributed by atoms with van der Waals surface area (Å²) in [6, 6.07) is -1.66. The van der Waals surface area contributed by atoms with Gasteiger partial charge in [0.15, 0.2) is 0 Å². The molecule has 5 N–H and O–H groups in total. The molecule has 10 atom stereocenters. The monoisotopic (exact) mass is 559 g/mol. The zero-order valence-corrected chi connectivity index (χ0v) is 25.4. The van der Waals surface area contributed by atoms with E-state index in [0.29, 0.717) is 35.9 Å². The number of esters is 1. The van der Waals surface area contributed by atoms with Crippen LogP contribution < -0.4 is 16.8 Å². The third-order valence-corrected chi connectivity index (χ3v) is 11.7. The molecule has 40 heavy (non-hydrogen) atoms. The molecule has 4 aliphatic carbocycles. The smallest absolute Gasteiger partial charge is 0.328 e. The fourth-order valence-corrected chi connectivity index (χ4v) is 9.63. The molecule has 0 unspecified atom stereocenters. The topological polar surface area (TPSA) is 142 Å². The molecule has 4 fully saturated rings. The predicted octanol–water partition coefficient (Wildman–Crippen LogP) is 4.27. The highest BCUT2D eigenvalue weighted by Crippen LogP contribution is 2.67. The van der Waals surface area contributed by atoms with Gasteiger partial charge >= 0.3 is 5.97 Å². The van der Waals surface area contributed by atoms with Crippen molar-refractivity contribution in [3.63, 3.8) is 0 Å². The molecule has 4 aliphatic rings. The van der Waals surface area contributed by atoms with Gasteiger partial charge < -0.3 is 21.5 Å². The van der Waals surface area contributed by atoms with Crippen LogP contribution in [0.5, 0.6) is 0 Å². The minimum atomic E-state index is -0.900. The average molecular weight is 560 g/mol. The summed E-state index contributed by atoms with van der Waals surface area (Å²) in [4.78, 5) is 49.5. The van der Waals surface area contributed by atoms with Crippen molar-refractivity contribution in [1.82, 2.24) is 5.32 Å². The number of rotatable bonds is 10. The number of hydrogen-bond donors (Lipinski definition) is 3. The maximum absolute atomic E-state index is 13.3. The number of ether oxygens (including phenoxy) is 1. The molecule has 0 aromatic carbocycles. The number of hydrogen-bond acceptors (Lipinski definition) is 6. The molecule has 4 saturated carbocycles. The summed E-state index contributed by atoms with van der Waals surface area (Å²) in [5.74, 6) is 2.00. The Bertz CT molecular complexity index is 984. The van der Waals surface area contributed by atoms with Gasteiger partial charge in [0.2, 0.25) is 11.8 Å². The van der Waals surface area contributed by atoms with Crippen molar-refractivity contribution in [2.24, 2.45) is 57.8 Å². The second kappa shape index (κ2) is 12.1. The number of fused-ring (bicyclic) bond motifs is 5. The Morgan fingerprint density at radius 2 is 1.62 bits per heavy atom. The molecule has 0 aromatic rings. The lowest BCUT2D eigenvalue weighted by molar-refractivity contribution is -0.166. The molecule has 0 heterocycles. The van der Waals surface area contributed by atoms with Gasteiger partial charge in [0.25, 0.3) is 0 Å². The zero-order valence-electron chi connectivity index (χ0n) is 25.4. The van der Waals surface area contributed by atoms with Crippen molar-refractivity contribution in [1.29, 1.82) is 0 Å². The first-order valence-corrected chi connectivity index (χ1v) is 15.8. The van der Waals surface area contributed by atoms with Gasteiger partial charge in [-0.25, -0.2) is 4.79 Å². The van der Waals surface area contributed by atoms with Crippen molar-refractivity contribution in [2.45, 2.75) is 130 Å². The summed E-state index contributed by atoms with van der Waals surface area (Å²) < 4.78 is 6.08. The number of Topliss-reactive ketones (excluding diaryl/α,β-unsaturated/α-hetero) is 1. The third-order valence-electron chi connectivity index (χ3n) is 11.7. The first-order chi connectivity index (χ1) is 18.8. The summed E-state index contributed by atoms with van der Waals surface area (Å²) >= 11 is 0. The fourth-order valence-electron chi connectivity index (χ4n) is 9.63. The highest BCUT2D eigenvalue weighted by molar-refractivity contribution is 5.88. The molecule has 0 spiro atoms. The van der Waals surface area contributed by atoms with E-state index in [9.17, 15) is 19.2 Å². The normalized spacial score (nSPS) is 38.4. The third kappa shape index (κ3) is 6.12. The average Bonchev–Trinajstić information content (AvgIpc) is 3.24. The van der Waals surface area contributed by atoms with Crippen LogP contribution in [-0.4, -0.2) is 41.8 Å². The Kier molecular flexibility index (Phi) is 9.38. The summed E-state index contributed by atoms with van der Waals surface area (Å²) in [5, 5.41) is 2.78. The Balaban J connectivity index is 1.37. The lowest BCUT2D eigenvalue weighted by atomic mass is 9.44. The number of nitrogens with two attached hydrogens (primary N) is 2. The Morgan fingerprint density at radius 3 is 2.27 bits per heavy atom. The van der Waals surface area contributed by atoms with Gasteiger partial charge in [-0.1, -0.05) is 27.7 Å². The van der Waals surface area contributed by atoms with E-state index in [4.69, 9.17) is 16.2 Å². The van der Waals surface area contributed by atoms with E-state index in [-0.39, 0.29) is 47.6 Å². The maximum Gasteiger partial charge on any atom is 0.328 e. The fraction of sp³-hybridized carbons (Fsp3) is 0.875. The molecule has 2 amide bonds. The summed E-state index contributed by atoms with van der Waals surface area (Å²) in [6.45, 7) is 10.7. The van der Waals surface area contributed by atoms with E-state index >= 15 is 0 Å². The lowest BCUT2D eigenvalue weighted by Crippen LogP contribution is -2.55. The van der Waals surface area contributed by atoms with E-state index in [0.717, 1.165) is 38.5 Å². The predicted molar refractivity (Wildman–Crippen MR) is 154 cm³/mol. The molecule has 8 nitrogen and oxygen atoms in total. The van der Waals surface area contributed by atoms with E-state index < -0.39 is 23.9 Å². The van der Waals surface area contributed by atoms with Crippen LogP contribution in [0.15, 0.2) is 0 Å². The summed E-state index contributed by atoms with van der Waals surface area (Å²) in [7, 11) is 0. The van der Waals surface area contributed by atoms with Crippen molar-refractivity contribution in [2.75, 3.05) is 0 Å². The number of ketones is 1. The van der Waals surface area contributed by atoms with Crippen molar-refractivity contribution in [3.8, 4) is 0 Å². The molecule has 0 saturated heterocycles. The summed E-state index contributed by atoms with van der Waals surface area (Å²) in [5.41, 5.74) is 11.5. The van der Waals surface area contributed by atoms with Gasteiger partial charge in [-0.05, 0) is 118 Å². The SMILES string of the molecule is CC(=O)[C@H]1CC[C@H]2[C@@H]3CC[C@H]4C[C@H](OC(=O)[C@H](CC(C)C)NC(=O)[C@@H](N)CCC(N)=O)CC[C@]4(C)[C@H]3CC[C@]12C. The van der Waals surface area contributed by atoms with Gasteiger partial charge in [-0.15, -0.1) is 0 Å². The molecular weight excluding hydrogens is 506 g/mol. The van der Waals surface area contributed by atoms with Gasteiger partial charge in [-0.3, -0.25) is 14.4 Å². The van der Waals surface area contributed by atoms with E-state index in [1.54, 1.807) is 6.92 Å². The van der Waals surface area contributed by atoms with Crippen LogP contribution in [0.1, 0.15) is 112 Å². The highest BCUT2D eigenvalue weighted by Gasteiger charge is 2.61. The van der Waals surface area contributed by atoms with Gasteiger partial charge in [-0.2, -0.15) is 0 Å².